The van der Waals surface area contributed by atoms with Crippen molar-refractivity contribution in [3.05, 3.63) is 11.6 Å². The average molecular weight is 227 g/mol. The first kappa shape index (κ1) is 12.6. The van der Waals surface area contributed by atoms with Crippen molar-refractivity contribution in [1.29, 1.82) is 0 Å². The zero-order valence-corrected chi connectivity index (χ0v) is 9.80. The molecular formula is C10H17N3O3. The molecule has 0 saturated heterocycles. The number of aromatic nitrogens is 3. The van der Waals surface area contributed by atoms with Crippen molar-refractivity contribution < 1.29 is 14.6 Å². The van der Waals surface area contributed by atoms with Gasteiger partial charge in [-0.25, -0.2) is 9.67 Å². The van der Waals surface area contributed by atoms with E-state index in [0.717, 1.165) is 5.82 Å². The Kier molecular flexibility index (Phi) is 4.42. The van der Waals surface area contributed by atoms with Crippen LogP contribution < -0.4 is 0 Å². The number of carbonyl (C=O) groups excluding carboxylic acids is 1. The van der Waals surface area contributed by atoms with Crippen LogP contribution in [0.2, 0.25) is 0 Å². The first-order valence-corrected chi connectivity index (χ1v) is 5.24. The Hall–Kier alpha value is -1.43. The van der Waals surface area contributed by atoms with E-state index >= 15 is 0 Å². The summed E-state index contributed by atoms with van der Waals surface area (Å²) in [5.41, 5.74) is 0. The third-order valence-corrected chi connectivity index (χ3v) is 2.05. The van der Waals surface area contributed by atoms with Crippen LogP contribution in [0.15, 0.2) is 0 Å². The van der Waals surface area contributed by atoms with Gasteiger partial charge in [-0.15, -0.1) is 0 Å². The van der Waals surface area contributed by atoms with Crippen LogP contribution in [-0.2, 0) is 16.1 Å². The minimum absolute atomic E-state index is 0.0216. The minimum atomic E-state index is -0.793. The summed E-state index contributed by atoms with van der Waals surface area (Å²) in [7, 11) is 0. The van der Waals surface area contributed by atoms with Crippen molar-refractivity contribution >= 4 is 5.97 Å². The summed E-state index contributed by atoms with van der Waals surface area (Å²) in [6.45, 7) is 5.89. The fourth-order valence-corrected chi connectivity index (χ4v) is 1.41. The Morgan fingerprint density at radius 2 is 2.25 bits per heavy atom. The second-order valence-electron chi connectivity index (χ2n) is 3.55. The normalized spacial score (nSPS) is 12.5. The third-order valence-electron chi connectivity index (χ3n) is 2.05. The van der Waals surface area contributed by atoms with Gasteiger partial charge in [0.2, 0.25) is 0 Å². The molecule has 0 radical (unpaired) electrons. The highest BCUT2D eigenvalue weighted by molar-refractivity contribution is 5.69. The zero-order valence-electron chi connectivity index (χ0n) is 9.80. The highest BCUT2D eigenvalue weighted by atomic mass is 16.5. The summed E-state index contributed by atoms with van der Waals surface area (Å²) in [5.74, 6) is 0.978. The van der Waals surface area contributed by atoms with Crippen LogP contribution in [0.1, 0.15) is 25.0 Å². The lowest BCUT2D eigenvalue weighted by atomic mass is 10.2. The quantitative estimate of drug-likeness (QED) is 0.727. The van der Waals surface area contributed by atoms with Crippen molar-refractivity contribution in [2.45, 2.75) is 39.8 Å². The zero-order chi connectivity index (χ0) is 12.1. The lowest BCUT2D eigenvalue weighted by Crippen LogP contribution is -2.22. The average Bonchev–Trinajstić information content (AvgIpc) is 2.44. The molecule has 0 aliphatic rings. The smallest absolute Gasteiger partial charge is 0.308 e. The molecular weight excluding hydrogens is 210 g/mol. The molecule has 0 amide bonds. The van der Waals surface area contributed by atoms with Gasteiger partial charge in [-0.1, -0.05) is 0 Å². The third kappa shape index (κ3) is 3.62. The predicted molar refractivity (Wildman–Crippen MR) is 56.8 cm³/mol. The number of hydrogen-bond donors (Lipinski definition) is 1. The van der Waals surface area contributed by atoms with Gasteiger partial charge < -0.3 is 9.84 Å². The van der Waals surface area contributed by atoms with E-state index in [1.54, 1.807) is 25.5 Å². The SMILES string of the molecule is CCOC(=O)CC(O)Cn1nc(C)nc1C. The molecule has 6 nitrogen and oxygen atoms in total. The molecule has 16 heavy (non-hydrogen) atoms. The maximum atomic E-state index is 11.1. The monoisotopic (exact) mass is 227 g/mol. The Balaban J connectivity index is 2.48. The number of nitrogens with zero attached hydrogens (tertiary/aromatic N) is 3. The van der Waals surface area contributed by atoms with Gasteiger partial charge in [0.15, 0.2) is 0 Å². The molecule has 6 heteroatoms. The van der Waals surface area contributed by atoms with E-state index in [0.29, 0.717) is 12.4 Å². The number of carbonyl (C=O) groups is 1. The number of esters is 1. The van der Waals surface area contributed by atoms with Gasteiger partial charge in [-0.3, -0.25) is 4.79 Å². The van der Waals surface area contributed by atoms with E-state index in [1.807, 2.05) is 0 Å². The molecule has 90 valence electrons. The number of aryl methyl sites for hydroxylation is 2. The van der Waals surface area contributed by atoms with Crippen molar-refractivity contribution in [3.8, 4) is 0 Å². The second-order valence-corrected chi connectivity index (χ2v) is 3.55. The van der Waals surface area contributed by atoms with Gasteiger partial charge in [-0.05, 0) is 20.8 Å². The summed E-state index contributed by atoms with van der Waals surface area (Å²) in [4.78, 5) is 15.2. The van der Waals surface area contributed by atoms with Gasteiger partial charge in [0, 0.05) is 0 Å². The predicted octanol–water partition coefficient (Wildman–Crippen LogP) is 0.209. The molecule has 1 aromatic rings. The Labute approximate surface area is 94.2 Å². The van der Waals surface area contributed by atoms with Crippen LogP contribution in [0.5, 0.6) is 0 Å². The molecule has 0 spiro atoms. The maximum absolute atomic E-state index is 11.1. The van der Waals surface area contributed by atoms with E-state index in [9.17, 15) is 9.90 Å². The Morgan fingerprint density at radius 1 is 1.56 bits per heavy atom. The number of hydrogen-bond acceptors (Lipinski definition) is 5. The number of ether oxygens (including phenoxy) is 1. The molecule has 1 unspecified atom stereocenters. The fraction of sp³-hybridized carbons (Fsp3) is 0.700. The van der Waals surface area contributed by atoms with Crippen LogP contribution in [0.4, 0.5) is 0 Å². The molecule has 0 aromatic carbocycles. The summed E-state index contributed by atoms with van der Waals surface area (Å²) < 4.78 is 6.32. The summed E-state index contributed by atoms with van der Waals surface area (Å²) in [5, 5.41) is 13.7. The van der Waals surface area contributed by atoms with Crippen molar-refractivity contribution in [1.82, 2.24) is 14.8 Å². The number of rotatable bonds is 5. The highest BCUT2D eigenvalue weighted by Crippen LogP contribution is 2.02. The topological polar surface area (TPSA) is 77.2 Å². The lowest BCUT2D eigenvalue weighted by molar-refractivity contribution is -0.145. The summed E-state index contributed by atoms with van der Waals surface area (Å²) in [6.07, 6.45) is -0.814. The van der Waals surface area contributed by atoms with Crippen LogP contribution in [0.3, 0.4) is 0 Å². The van der Waals surface area contributed by atoms with Crippen molar-refractivity contribution in [2.75, 3.05) is 6.61 Å². The first-order valence-electron chi connectivity index (χ1n) is 5.24. The van der Waals surface area contributed by atoms with Gasteiger partial charge in [-0.2, -0.15) is 5.10 Å². The van der Waals surface area contributed by atoms with E-state index in [-0.39, 0.29) is 13.0 Å². The summed E-state index contributed by atoms with van der Waals surface area (Å²) in [6, 6.07) is 0. The van der Waals surface area contributed by atoms with Crippen LogP contribution >= 0.6 is 0 Å². The van der Waals surface area contributed by atoms with Crippen molar-refractivity contribution in [3.63, 3.8) is 0 Å². The second kappa shape index (κ2) is 5.60. The molecule has 0 bridgehead atoms. The van der Waals surface area contributed by atoms with E-state index < -0.39 is 12.1 Å². The van der Waals surface area contributed by atoms with Crippen molar-refractivity contribution in [2.24, 2.45) is 0 Å². The van der Waals surface area contributed by atoms with E-state index in [4.69, 9.17) is 4.74 Å². The molecule has 0 aliphatic heterocycles. The standard InChI is InChI=1S/C10H17N3O3/c1-4-16-10(15)5-9(14)6-13-8(3)11-7(2)12-13/h9,14H,4-6H2,1-3H3. The Morgan fingerprint density at radius 3 is 2.75 bits per heavy atom. The fourth-order valence-electron chi connectivity index (χ4n) is 1.41. The molecule has 0 fully saturated rings. The molecule has 1 aromatic heterocycles. The van der Waals surface area contributed by atoms with E-state index in [2.05, 4.69) is 10.1 Å². The minimum Gasteiger partial charge on any atom is -0.466 e. The van der Waals surface area contributed by atoms with Crippen LogP contribution in [0, 0.1) is 13.8 Å². The lowest BCUT2D eigenvalue weighted by Gasteiger charge is -2.10. The molecule has 0 aliphatic carbocycles. The van der Waals surface area contributed by atoms with Gasteiger partial charge in [0.05, 0.1) is 25.7 Å². The molecule has 0 saturated carbocycles. The van der Waals surface area contributed by atoms with E-state index in [1.165, 1.54) is 0 Å². The maximum Gasteiger partial charge on any atom is 0.308 e. The first-order chi connectivity index (χ1) is 7.52. The van der Waals surface area contributed by atoms with Gasteiger partial charge in [0.25, 0.3) is 0 Å². The number of aliphatic hydroxyl groups excluding tert-OH is 1. The summed E-state index contributed by atoms with van der Waals surface area (Å²) >= 11 is 0. The Bertz CT molecular complexity index is 362. The van der Waals surface area contributed by atoms with Gasteiger partial charge >= 0.3 is 5.97 Å². The number of aliphatic hydroxyl groups is 1. The van der Waals surface area contributed by atoms with Gasteiger partial charge in [0.1, 0.15) is 11.6 Å². The molecule has 1 heterocycles. The largest absolute Gasteiger partial charge is 0.466 e. The molecule has 1 atom stereocenters. The molecule has 1 N–H and O–H groups in total. The molecule has 1 rings (SSSR count). The van der Waals surface area contributed by atoms with Crippen LogP contribution in [0.25, 0.3) is 0 Å². The highest BCUT2D eigenvalue weighted by Gasteiger charge is 2.14. The van der Waals surface area contributed by atoms with Crippen LogP contribution in [-0.4, -0.2) is 38.6 Å².